The first-order chi connectivity index (χ1) is 11.9. The van der Waals surface area contributed by atoms with Crippen molar-refractivity contribution in [2.75, 3.05) is 0 Å². The number of halogens is 3. The van der Waals surface area contributed by atoms with E-state index >= 15 is 0 Å². The zero-order chi connectivity index (χ0) is 18.0. The van der Waals surface area contributed by atoms with E-state index in [0.29, 0.717) is 15.6 Å². The monoisotopic (exact) mass is 380 g/mol. The van der Waals surface area contributed by atoms with Crippen LogP contribution in [0, 0.1) is 5.82 Å². The average molecular weight is 381 g/mol. The van der Waals surface area contributed by atoms with Gasteiger partial charge in [0.25, 0.3) is 0 Å². The summed E-state index contributed by atoms with van der Waals surface area (Å²) in [6.07, 6.45) is 2.00. The lowest BCUT2D eigenvalue weighted by Crippen LogP contribution is -2.39. The minimum Gasteiger partial charge on any atom is -0.352 e. The molecule has 0 radical (unpaired) electrons. The van der Waals surface area contributed by atoms with Gasteiger partial charge >= 0.3 is 0 Å². The van der Waals surface area contributed by atoms with Crippen molar-refractivity contribution in [1.29, 1.82) is 0 Å². The highest BCUT2D eigenvalue weighted by Crippen LogP contribution is 2.29. The molecule has 6 heteroatoms. The van der Waals surface area contributed by atoms with Crippen LogP contribution in [0.4, 0.5) is 4.39 Å². The Morgan fingerprint density at radius 2 is 1.84 bits per heavy atom. The van der Waals surface area contributed by atoms with Crippen molar-refractivity contribution in [3.8, 4) is 0 Å². The van der Waals surface area contributed by atoms with Crippen LogP contribution in [-0.2, 0) is 4.79 Å². The Balaban J connectivity index is 1.82. The number of carbonyl (C=O) groups excluding carboxylic acids is 1. The molecule has 2 aromatic rings. The van der Waals surface area contributed by atoms with E-state index in [0.717, 1.165) is 18.4 Å². The number of nitrogens with one attached hydrogen (secondary N) is 2. The summed E-state index contributed by atoms with van der Waals surface area (Å²) in [6, 6.07) is 10.7. The summed E-state index contributed by atoms with van der Waals surface area (Å²) >= 11 is 12.2. The van der Waals surface area contributed by atoms with E-state index in [4.69, 9.17) is 23.2 Å². The van der Waals surface area contributed by atoms with Crippen LogP contribution >= 0.6 is 23.2 Å². The maximum atomic E-state index is 13.2. The Labute approximate surface area is 156 Å². The Hall–Kier alpha value is -1.62. The smallest absolute Gasteiger partial charge is 0.241 e. The molecule has 1 aliphatic carbocycles. The molecule has 0 spiro atoms. The summed E-state index contributed by atoms with van der Waals surface area (Å²) in [7, 11) is 0. The molecule has 0 bridgehead atoms. The largest absolute Gasteiger partial charge is 0.352 e. The Kier molecular flexibility index (Phi) is 5.62. The second-order valence-electron chi connectivity index (χ2n) is 6.32. The summed E-state index contributed by atoms with van der Waals surface area (Å²) in [5.74, 6) is -0.454. The van der Waals surface area contributed by atoms with Crippen molar-refractivity contribution in [2.45, 2.75) is 37.9 Å². The van der Waals surface area contributed by atoms with Crippen molar-refractivity contribution in [3.63, 3.8) is 0 Å². The fraction of sp³-hybridized carbons (Fsp3) is 0.316. The summed E-state index contributed by atoms with van der Waals surface area (Å²) in [4.78, 5) is 12.7. The molecule has 1 aliphatic rings. The predicted octanol–water partition coefficient (Wildman–Crippen LogP) is 4.80. The van der Waals surface area contributed by atoms with Crippen LogP contribution in [-0.4, -0.2) is 11.9 Å². The van der Waals surface area contributed by atoms with Gasteiger partial charge in [-0.15, -0.1) is 0 Å². The van der Waals surface area contributed by atoms with Crippen LogP contribution in [0.5, 0.6) is 0 Å². The van der Waals surface area contributed by atoms with Gasteiger partial charge < -0.3 is 5.32 Å². The minimum absolute atomic E-state index is 0.119. The molecule has 3 nitrogen and oxygen atoms in total. The third-order valence-corrected chi connectivity index (χ3v) is 4.80. The molecule has 2 N–H and O–H groups in total. The first-order valence-electron chi connectivity index (χ1n) is 8.21. The van der Waals surface area contributed by atoms with Gasteiger partial charge in [-0.25, -0.2) is 4.39 Å². The fourth-order valence-corrected chi connectivity index (χ4v) is 3.26. The van der Waals surface area contributed by atoms with Crippen molar-refractivity contribution in [2.24, 2.45) is 0 Å². The first-order valence-corrected chi connectivity index (χ1v) is 8.96. The van der Waals surface area contributed by atoms with Gasteiger partial charge in [0.15, 0.2) is 0 Å². The highest BCUT2D eigenvalue weighted by Gasteiger charge is 2.29. The molecular formula is C19H19Cl2FN2O. The summed E-state index contributed by atoms with van der Waals surface area (Å²) in [6.45, 7) is 1.93. The first kappa shape index (κ1) is 18.2. The maximum Gasteiger partial charge on any atom is 0.241 e. The van der Waals surface area contributed by atoms with E-state index in [9.17, 15) is 9.18 Å². The van der Waals surface area contributed by atoms with E-state index < -0.39 is 6.04 Å². The molecule has 1 fully saturated rings. The van der Waals surface area contributed by atoms with E-state index in [1.165, 1.54) is 12.1 Å². The molecule has 0 aromatic heterocycles. The maximum absolute atomic E-state index is 13.2. The quantitative estimate of drug-likeness (QED) is 0.755. The van der Waals surface area contributed by atoms with Gasteiger partial charge in [-0.2, -0.15) is 0 Å². The topological polar surface area (TPSA) is 41.1 Å². The number of rotatable bonds is 6. The highest BCUT2D eigenvalue weighted by atomic mass is 35.5. The second kappa shape index (κ2) is 7.73. The molecule has 1 saturated carbocycles. The molecule has 1 amide bonds. The number of benzene rings is 2. The molecule has 0 heterocycles. The number of amides is 1. The van der Waals surface area contributed by atoms with Crippen molar-refractivity contribution in [3.05, 3.63) is 69.5 Å². The third kappa shape index (κ3) is 4.72. The average Bonchev–Trinajstić information content (AvgIpc) is 3.37. The van der Waals surface area contributed by atoms with E-state index in [1.807, 2.05) is 13.0 Å². The normalized spacial score (nSPS) is 16.3. The lowest BCUT2D eigenvalue weighted by Gasteiger charge is -2.24. The second-order valence-corrected chi connectivity index (χ2v) is 7.17. The number of hydrogen-bond acceptors (Lipinski definition) is 2. The van der Waals surface area contributed by atoms with Gasteiger partial charge in [0, 0.05) is 22.1 Å². The van der Waals surface area contributed by atoms with E-state index in [-0.39, 0.29) is 23.8 Å². The van der Waals surface area contributed by atoms with E-state index in [1.54, 1.807) is 24.3 Å². The standard InChI is InChI=1S/C19H19Cl2FN2O/c1-11(16-9-4-13(20)10-17(16)21)23-18(19(25)24-15-7-8-15)12-2-5-14(22)6-3-12/h2-6,9-11,15,18,23H,7-8H2,1H3,(H,24,25)/t11-,18-/m1/s1. The molecular weight excluding hydrogens is 362 g/mol. The molecule has 132 valence electrons. The lowest BCUT2D eigenvalue weighted by atomic mass is 10.0. The van der Waals surface area contributed by atoms with Gasteiger partial charge in [-0.05, 0) is 55.2 Å². The minimum atomic E-state index is -0.594. The molecule has 3 rings (SSSR count). The zero-order valence-electron chi connectivity index (χ0n) is 13.7. The molecule has 0 aliphatic heterocycles. The number of hydrogen-bond donors (Lipinski definition) is 2. The van der Waals surface area contributed by atoms with Gasteiger partial charge in [0.2, 0.25) is 5.91 Å². The van der Waals surface area contributed by atoms with Crippen LogP contribution in [0.25, 0.3) is 0 Å². The molecule has 2 atom stereocenters. The van der Waals surface area contributed by atoms with Gasteiger partial charge in [0.1, 0.15) is 11.9 Å². The fourth-order valence-electron chi connectivity index (χ4n) is 2.68. The zero-order valence-corrected chi connectivity index (χ0v) is 15.2. The summed E-state index contributed by atoms with van der Waals surface area (Å²) in [5.41, 5.74) is 1.55. The van der Waals surface area contributed by atoms with Crippen LogP contribution in [0.3, 0.4) is 0 Å². The number of carbonyl (C=O) groups is 1. The summed E-state index contributed by atoms with van der Waals surface area (Å²) < 4.78 is 13.2. The Morgan fingerprint density at radius 1 is 1.16 bits per heavy atom. The Morgan fingerprint density at radius 3 is 2.44 bits per heavy atom. The van der Waals surface area contributed by atoms with Crippen LogP contribution < -0.4 is 10.6 Å². The lowest BCUT2D eigenvalue weighted by molar-refractivity contribution is -0.123. The van der Waals surface area contributed by atoms with Crippen LogP contribution in [0.15, 0.2) is 42.5 Å². The Bertz CT molecular complexity index is 763. The van der Waals surface area contributed by atoms with Crippen LogP contribution in [0.1, 0.15) is 43.0 Å². The predicted molar refractivity (Wildman–Crippen MR) is 98.3 cm³/mol. The SMILES string of the molecule is C[C@@H](N[C@@H](C(=O)NC1CC1)c1ccc(F)cc1)c1ccc(Cl)cc1Cl. The van der Waals surface area contributed by atoms with Crippen molar-refractivity contribution in [1.82, 2.24) is 10.6 Å². The molecule has 0 saturated heterocycles. The van der Waals surface area contributed by atoms with Crippen molar-refractivity contribution < 1.29 is 9.18 Å². The van der Waals surface area contributed by atoms with Gasteiger partial charge in [-0.3, -0.25) is 10.1 Å². The molecule has 0 unspecified atom stereocenters. The highest BCUT2D eigenvalue weighted by molar-refractivity contribution is 6.35. The third-order valence-electron chi connectivity index (χ3n) is 4.23. The van der Waals surface area contributed by atoms with E-state index in [2.05, 4.69) is 10.6 Å². The van der Waals surface area contributed by atoms with Crippen LogP contribution in [0.2, 0.25) is 10.0 Å². The summed E-state index contributed by atoms with van der Waals surface area (Å²) in [5, 5.41) is 7.39. The molecule has 2 aromatic carbocycles. The van der Waals surface area contributed by atoms with Gasteiger partial charge in [-0.1, -0.05) is 41.4 Å². The van der Waals surface area contributed by atoms with Gasteiger partial charge in [0.05, 0.1) is 0 Å². The van der Waals surface area contributed by atoms with Crippen molar-refractivity contribution >= 4 is 29.1 Å². The molecule has 25 heavy (non-hydrogen) atoms.